The molecule has 0 spiro atoms. The van der Waals surface area contributed by atoms with Crippen molar-refractivity contribution in [3.8, 4) is 0 Å². The number of rotatable bonds is 5. The molecule has 1 atom stereocenters. The lowest BCUT2D eigenvalue weighted by Gasteiger charge is -2.17. The molecule has 6 nitrogen and oxygen atoms in total. The van der Waals surface area contributed by atoms with Gasteiger partial charge < -0.3 is 15.6 Å². The van der Waals surface area contributed by atoms with E-state index in [0.717, 1.165) is 21.5 Å². The molecule has 0 saturated heterocycles. The Morgan fingerprint density at radius 1 is 1.03 bits per heavy atom. The van der Waals surface area contributed by atoms with Gasteiger partial charge in [0.25, 0.3) is 5.91 Å². The minimum absolute atomic E-state index is 0.113. The molecule has 5 rings (SSSR count). The average molecular weight is 428 g/mol. The summed E-state index contributed by atoms with van der Waals surface area (Å²) in [6, 6.07) is 21.5. The molecule has 0 radical (unpaired) electrons. The summed E-state index contributed by atoms with van der Waals surface area (Å²) < 4.78 is 1.91. The van der Waals surface area contributed by atoms with Gasteiger partial charge in [0.05, 0.1) is 23.6 Å². The first-order chi connectivity index (χ1) is 15.1. The zero-order valence-corrected chi connectivity index (χ0v) is 17.8. The van der Waals surface area contributed by atoms with Crippen LogP contribution in [0.3, 0.4) is 0 Å². The zero-order chi connectivity index (χ0) is 21.4. The van der Waals surface area contributed by atoms with Gasteiger partial charge in [-0.05, 0) is 36.1 Å². The van der Waals surface area contributed by atoms with Gasteiger partial charge in [0, 0.05) is 4.88 Å². The molecule has 0 aliphatic rings. The quantitative estimate of drug-likeness (QED) is 0.423. The molecule has 0 bridgehead atoms. The third-order valence-corrected chi connectivity index (χ3v) is 6.31. The summed E-state index contributed by atoms with van der Waals surface area (Å²) >= 11 is 1.60. The number of hydrogen-bond acceptors (Lipinski definition) is 5. The Balaban J connectivity index is 1.67. The average Bonchev–Trinajstić information content (AvgIpc) is 3.41. The first kappa shape index (κ1) is 19.3. The Bertz CT molecular complexity index is 1380. The van der Waals surface area contributed by atoms with E-state index in [-0.39, 0.29) is 11.9 Å². The molecule has 31 heavy (non-hydrogen) atoms. The number of hydrogen-bond donors (Lipinski definition) is 2. The fourth-order valence-electron chi connectivity index (χ4n) is 3.85. The number of amides is 1. The van der Waals surface area contributed by atoms with Crippen LogP contribution >= 0.6 is 11.3 Å². The number of aromatic nitrogens is 3. The molecule has 3 aromatic heterocycles. The number of thiophene rings is 1. The van der Waals surface area contributed by atoms with E-state index >= 15 is 0 Å². The monoisotopic (exact) mass is 427 g/mol. The van der Waals surface area contributed by atoms with E-state index in [4.69, 9.17) is 15.7 Å². The van der Waals surface area contributed by atoms with Crippen molar-refractivity contribution in [1.82, 2.24) is 19.9 Å². The third kappa shape index (κ3) is 3.43. The summed E-state index contributed by atoms with van der Waals surface area (Å²) in [5.41, 5.74) is 10.6. The molecule has 0 aliphatic carbocycles. The Hall–Kier alpha value is -3.71. The van der Waals surface area contributed by atoms with Crippen molar-refractivity contribution in [1.29, 1.82) is 0 Å². The molecule has 1 amide bonds. The first-order valence-electron chi connectivity index (χ1n) is 10.0. The van der Waals surface area contributed by atoms with Crippen LogP contribution in [0.2, 0.25) is 0 Å². The van der Waals surface area contributed by atoms with Gasteiger partial charge >= 0.3 is 0 Å². The van der Waals surface area contributed by atoms with Crippen molar-refractivity contribution in [2.24, 2.45) is 0 Å². The largest absolute Gasteiger partial charge is 0.384 e. The van der Waals surface area contributed by atoms with Gasteiger partial charge in [-0.25, -0.2) is 9.97 Å². The summed E-state index contributed by atoms with van der Waals surface area (Å²) in [7, 11) is 0. The third-order valence-electron chi connectivity index (χ3n) is 5.43. The van der Waals surface area contributed by atoms with Crippen LogP contribution in [0.25, 0.3) is 22.2 Å². The van der Waals surface area contributed by atoms with Crippen LogP contribution in [0.15, 0.2) is 72.1 Å². The molecule has 7 heteroatoms. The molecular formula is C24H21N5OS. The van der Waals surface area contributed by atoms with Crippen LogP contribution in [0.4, 0.5) is 5.82 Å². The van der Waals surface area contributed by atoms with E-state index in [1.54, 1.807) is 11.3 Å². The van der Waals surface area contributed by atoms with E-state index in [2.05, 4.69) is 12.2 Å². The number of carbonyl (C=O) groups is 1. The van der Waals surface area contributed by atoms with Gasteiger partial charge in [-0.2, -0.15) is 0 Å². The van der Waals surface area contributed by atoms with E-state index < -0.39 is 0 Å². The fraction of sp³-hybridized carbons (Fsp3) is 0.125. The van der Waals surface area contributed by atoms with Crippen LogP contribution in [0, 0.1) is 0 Å². The highest BCUT2D eigenvalue weighted by Gasteiger charge is 2.26. The van der Waals surface area contributed by atoms with Crippen LogP contribution in [0.1, 0.15) is 33.8 Å². The number of para-hydroxylation sites is 2. The summed E-state index contributed by atoms with van der Waals surface area (Å²) in [4.78, 5) is 23.9. The fourth-order valence-corrected chi connectivity index (χ4v) is 4.49. The van der Waals surface area contributed by atoms with Crippen molar-refractivity contribution in [3.05, 3.63) is 88.1 Å². The minimum Gasteiger partial charge on any atom is -0.384 e. The van der Waals surface area contributed by atoms with E-state index in [0.29, 0.717) is 29.1 Å². The summed E-state index contributed by atoms with van der Waals surface area (Å²) in [5.74, 6) is 0.116. The van der Waals surface area contributed by atoms with Crippen molar-refractivity contribution < 1.29 is 4.79 Å². The van der Waals surface area contributed by atoms with Crippen molar-refractivity contribution in [2.45, 2.75) is 19.5 Å². The lowest BCUT2D eigenvalue weighted by Crippen LogP contribution is -2.23. The van der Waals surface area contributed by atoms with Crippen LogP contribution in [-0.2, 0) is 6.54 Å². The van der Waals surface area contributed by atoms with Crippen LogP contribution in [0.5, 0.6) is 0 Å². The Morgan fingerprint density at radius 2 is 1.74 bits per heavy atom. The first-order valence-corrected chi connectivity index (χ1v) is 10.9. The van der Waals surface area contributed by atoms with Crippen molar-refractivity contribution >= 4 is 45.3 Å². The number of nitrogen functional groups attached to an aromatic ring is 1. The minimum atomic E-state index is -0.250. The SMILES string of the molecule is C[C@H](c1ccccc1)n1c(N)c(C(=O)NCc2cccs2)c2nc3ccccc3nc21. The second kappa shape index (κ2) is 7.85. The highest BCUT2D eigenvalue weighted by Crippen LogP contribution is 2.33. The highest BCUT2D eigenvalue weighted by atomic mass is 32.1. The summed E-state index contributed by atoms with van der Waals surface area (Å²) in [5, 5.41) is 4.97. The van der Waals surface area contributed by atoms with Crippen LogP contribution in [-0.4, -0.2) is 20.4 Å². The maximum atomic E-state index is 13.2. The number of carbonyl (C=O) groups excluding carboxylic acids is 1. The maximum Gasteiger partial charge on any atom is 0.257 e. The number of fused-ring (bicyclic) bond motifs is 2. The Kier molecular flexibility index (Phi) is 4.88. The molecule has 2 aromatic carbocycles. The van der Waals surface area contributed by atoms with E-state index in [1.165, 1.54) is 0 Å². The van der Waals surface area contributed by atoms with Crippen molar-refractivity contribution in [3.63, 3.8) is 0 Å². The van der Waals surface area contributed by atoms with Gasteiger partial charge in [0.15, 0.2) is 5.65 Å². The highest BCUT2D eigenvalue weighted by molar-refractivity contribution is 7.09. The lowest BCUT2D eigenvalue weighted by molar-refractivity contribution is 0.0953. The smallest absolute Gasteiger partial charge is 0.257 e. The Morgan fingerprint density at radius 3 is 2.45 bits per heavy atom. The summed E-state index contributed by atoms with van der Waals surface area (Å²) in [6.07, 6.45) is 0. The molecule has 0 saturated carbocycles. The molecule has 3 heterocycles. The molecule has 154 valence electrons. The summed E-state index contributed by atoms with van der Waals surface area (Å²) in [6.45, 7) is 2.49. The zero-order valence-electron chi connectivity index (χ0n) is 16.9. The topological polar surface area (TPSA) is 85.8 Å². The van der Waals surface area contributed by atoms with Crippen LogP contribution < -0.4 is 11.1 Å². The molecule has 5 aromatic rings. The molecule has 3 N–H and O–H groups in total. The van der Waals surface area contributed by atoms with Gasteiger partial charge in [0.1, 0.15) is 16.9 Å². The number of nitrogens with zero attached hydrogens (tertiary/aromatic N) is 3. The predicted molar refractivity (Wildman–Crippen MR) is 125 cm³/mol. The molecule has 0 fully saturated rings. The number of nitrogens with one attached hydrogen (secondary N) is 1. The number of nitrogens with two attached hydrogens (primary N) is 1. The molecule has 0 unspecified atom stereocenters. The normalized spacial score (nSPS) is 12.3. The molecule has 0 aliphatic heterocycles. The second-order valence-corrected chi connectivity index (χ2v) is 8.40. The lowest BCUT2D eigenvalue weighted by atomic mass is 10.1. The second-order valence-electron chi connectivity index (χ2n) is 7.36. The van der Waals surface area contributed by atoms with Gasteiger partial charge in [-0.3, -0.25) is 4.79 Å². The number of benzene rings is 2. The predicted octanol–water partition coefficient (Wildman–Crippen LogP) is 4.77. The number of anilines is 1. The van der Waals surface area contributed by atoms with Gasteiger partial charge in [-0.15, -0.1) is 11.3 Å². The van der Waals surface area contributed by atoms with Gasteiger partial charge in [0.2, 0.25) is 0 Å². The maximum absolute atomic E-state index is 13.2. The van der Waals surface area contributed by atoms with Crippen molar-refractivity contribution in [2.75, 3.05) is 5.73 Å². The van der Waals surface area contributed by atoms with E-state index in [1.807, 2.05) is 76.7 Å². The Labute approximate surface area is 183 Å². The standard InChI is InChI=1S/C24H21N5OS/c1-15(16-8-3-2-4-9-16)29-22(25)20(24(30)26-14-17-10-7-13-31-17)21-23(29)28-19-12-6-5-11-18(19)27-21/h2-13,15H,14,25H2,1H3,(H,26,30)/t15-/m1/s1. The van der Waals surface area contributed by atoms with Gasteiger partial charge in [-0.1, -0.05) is 48.5 Å². The molecular weight excluding hydrogens is 406 g/mol. The van der Waals surface area contributed by atoms with E-state index in [9.17, 15) is 4.79 Å².